The molecular weight excluding hydrogens is 242 g/mol. The first-order valence-electron chi connectivity index (χ1n) is 7.59. The van der Waals surface area contributed by atoms with Crippen LogP contribution in [0.3, 0.4) is 0 Å². The minimum Gasteiger partial charge on any atom is -0.341 e. The summed E-state index contributed by atoms with van der Waals surface area (Å²) in [5.41, 5.74) is -0.300. The van der Waals surface area contributed by atoms with Gasteiger partial charge in [-0.05, 0) is 44.9 Å². The number of nitrogens with one attached hydrogen (secondary N) is 2. The van der Waals surface area contributed by atoms with Gasteiger partial charge in [-0.2, -0.15) is 0 Å². The lowest BCUT2D eigenvalue weighted by Gasteiger charge is -2.34. The largest absolute Gasteiger partial charge is 0.341 e. The summed E-state index contributed by atoms with van der Waals surface area (Å²) in [5.74, 6) is -0.155. The highest BCUT2D eigenvalue weighted by molar-refractivity contribution is 6.06. The first-order valence-corrected chi connectivity index (χ1v) is 7.59. The van der Waals surface area contributed by atoms with Crippen LogP contribution in [0.1, 0.15) is 51.4 Å². The molecule has 0 radical (unpaired) electrons. The molecule has 1 unspecified atom stereocenters. The van der Waals surface area contributed by atoms with Crippen LogP contribution in [0.5, 0.6) is 0 Å². The molecule has 2 amide bonds. The molecule has 0 aromatic heterocycles. The molecule has 2 N–H and O–H groups in total. The van der Waals surface area contributed by atoms with Crippen molar-refractivity contribution in [2.45, 2.75) is 63.1 Å². The van der Waals surface area contributed by atoms with E-state index < -0.39 is 6.04 Å². The Morgan fingerprint density at radius 2 is 1.68 bits per heavy atom. The third kappa shape index (κ3) is 2.48. The Labute approximate surface area is 114 Å². The van der Waals surface area contributed by atoms with E-state index in [-0.39, 0.29) is 17.5 Å². The molecule has 1 saturated carbocycles. The highest BCUT2D eigenvalue weighted by Gasteiger charge is 2.47. The maximum Gasteiger partial charge on any atom is 0.249 e. The molecule has 2 saturated heterocycles. The van der Waals surface area contributed by atoms with Crippen LogP contribution in [0.25, 0.3) is 0 Å². The average molecular weight is 265 g/mol. The van der Waals surface area contributed by atoms with Gasteiger partial charge in [0.05, 0.1) is 5.66 Å². The van der Waals surface area contributed by atoms with Gasteiger partial charge in [0.25, 0.3) is 0 Å². The Bertz CT molecular complexity index is 371. The lowest BCUT2D eigenvalue weighted by atomic mass is 9.89. The highest BCUT2D eigenvalue weighted by Crippen LogP contribution is 2.29. The van der Waals surface area contributed by atoms with E-state index in [2.05, 4.69) is 10.6 Å². The summed E-state index contributed by atoms with van der Waals surface area (Å²) in [5, 5.41) is 6.34. The van der Waals surface area contributed by atoms with E-state index in [1.807, 2.05) is 4.90 Å². The van der Waals surface area contributed by atoms with Gasteiger partial charge >= 0.3 is 0 Å². The number of likely N-dealkylation sites (tertiary alicyclic amines) is 1. The maximum absolute atomic E-state index is 12.4. The van der Waals surface area contributed by atoms with Gasteiger partial charge in [-0.1, -0.05) is 6.42 Å². The van der Waals surface area contributed by atoms with Crippen LogP contribution < -0.4 is 10.6 Å². The smallest absolute Gasteiger partial charge is 0.249 e. The number of piperidine rings is 1. The van der Waals surface area contributed by atoms with E-state index in [0.29, 0.717) is 0 Å². The van der Waals surface area contributed by atoms with E-state index in [0.717, 1.165) is 51.6 Å². The lowest BCUT2D eigenvalue weighted by Crippen LogP contribution is -2.54. The number of carbonyl (C=O) groups is 2. The quantitative estimate of drug-likeness (QED) is 0.688. The molecule has 2 aliphatic heterocycles. The van der Waals surface area contributed by atoms with Crippen LogP contribution in [0.15, 0.2) is 0 Å². The van der Waals surface area contributed by atoms with Crippen LogP contribution in [0.4, 0.5) is 0 Å². The molecule has 0 aromatic carbocycles. The minimum absolute atomic E-state index is 0.0281. The van der Waals surface area contributed by atoms with E-state index >= 15 is 0 Å². The van der Waals surface area contributed by atoms with E-state index in [4.69, 9.17) is 0 Å². The number of hydrogen-bond donors (Lipinski definition) is 2. The Morgan fingerprint density at radius 3 is 2.37 bits per heavy atom. The Kier molecular flexibility index (Phi) is 3.48. The van der Waals surface area contributed by atoms with Crippen molar-refractivity contribution in [3.05, 3.63) is 0 Å². The van der Waals surface area contributed by atoms with Crippen molar-refractivity contribution >= 4 is 11.8 Å². The summed E-state index contributed by atoms with van der Waals surface area (Å²) in [6.45, 7) is 1.61. The molecule has 19 heavy (non-hydrogen) atoms. The zero-order valence-corrected chi connectivity index (χ0v) is 11.4. The second-order valence-corrected chi connectivity index (χ2v) is 6.10. The van der Waals surface area contributed by atoms with Crippen molar-refractivity contribution in [2.24, 2.45) is 0 Å². The summed E-state index contributed by atoms with van der Waals surface area (Å²) < 4.78 is 0. The number of rotatable bonds is 1. The molecule has 1 spiro atoms. The topological polar surface area (TPSA) is 61.4 Å². The van der Waals surface area contributed by atoms with Crippen molar-refractivity contribution in [2.75, 3.05) is 13.1 Å². The molecule has 1 aliphatic carbocycles. The molecule has 106 valence electrons. The van der Waals surface area contributed by atoms with Crippen molar-refractivity contribution in [3.8, 4) is 0 Å². The fraction of sp³-hybridized carbons (Fsp3) is 0.857. The van der Waals surface area contributed by atoms with Crippen LogP contribution >= 0.6 is 0 Å². The van der Waals surface area contributed by atoms with Crippen LogP contribution in [0.2, 0.25) is 0 Å². The second kappa shape index (κ2) is 5.12. The number of amides is 2. The SMILES string of the molecule is O=C1NC2(CCCCC2)NC1C(=O)N1CCCCC1. The first-order chi connectivity index (χ1) is 9.20. The average Bonchev–Trinajstić information content (AvgIpc) is 2.76. The fourth-order valence-corrected chi connectivity index (χ4v) is 3.58. The lowest BCUT2D eigenvalue weighted by molar-refractivity contribution is -0.138. The number of carbonyl (C=O) groups excluding carboxylic acids is 2. The molecular formula is C14H23N3O2. The fourth-order valence-electron chi connectivity index (χ4n) is 3.58. The third-order valence-corrected chi connectivity index (χ3v) is 4.67. The van der Waals surface area contributed by atoms with E-state index in [1.54, 1.807) is 0 Å². The number of hydrogen-bond acceptors (Lipinski definition) is 3. The molecule has 3 aliphatic rings. The van der Waals surface area contributed by atoms with Crippen LogP contribution in [0, 0.1) is 0 Å². The Balaban J connectivity index is 1.67. The Hall–Kier alpha value is -1.10. The van der Waals surface area contributed by atoms with Crippen LogP contribution in [-0.4, -0.2) is 41.5 Å². The molecule has 5 heteroatoms. The molecule has 2 heterocycles. The molecule has 5 nitrogen and oxygen atoms in total. The van der Waals surface area contributed by atoms with Crippen molar-refractivity contribution in [1.82, 2.24) is 15.5 Å². The monoisotopic (exact) mass is 265 g/mol. The van der Waals surface area contributed by atoms with Crippen molar-refractivity contribution < 1.29 is 9.59 Å². The third-order valence-electron chi connectivity index (χ3n) is 4.67. The van der Waals surface area contributed by atoms with E-state index in [9.17, 15) is 9.59 Å². The minimum atomic E-state index is -0.656. The predicted octanol–water partition coefficient (Wildman–Crippen LogP) is 0.747. The van der Waals surface area contributed by atoms with Gasteiger partial charge in [-0.3, -0.25) is 14.9 Å². The van der Waals surface area contributed by atoms with Crippen LogP contribution in [-0.2, 0) is 9.59 Å². The van der Waals surface area contributed by atoms with Crippen molar-refractivity contribution in [1.29, 1.82) is 0 Å². The van der Waals surface area contributed by atoms with Gasteiger partial charge < -0.3 is 10.2 Å². The molecule has 0 bridgehead atoms. The van der Waals surface area contributed by atoms with Crippen molar-refractivity contribution in [3.63, 3.8) is 0 Å². The summed E-state index contributed by atoms with van der Waals surface area (Å²) >= 11 is 0. The van der Waals surface area contributed by atoms with Gasteiger partial charge in [0, 0.05) is 13.1 Å². The van der Waals surface area contributed by atoms with Gasteiger partial charge in [0.15, 0.2) is 6.04 Å². The van der Waals surface area contributed by atoms with E-state index in [1.165, 1.54) is 12.8 Å². The van der Waals surface area contributed by atoms with Gasteiger partial charge in [-0.15, -0.1) is 0 Å². The summed E-state index contributed by atoms with van der Waals surface area (Å²) in [6.07, 6.45) is 8.68. The number of nitrogens with zero attached hydrogens (tertiary/aromatic N) is 1. The standard InChI is InChI=1S/C14H23N3O2/c18-12-11(13(19)17-9-5-2-6-10-17)15-14(16-12)7-3-1-4-8-14/h11,15H,1-10H2,(H,16,18). The van der Waals surface area contributed by atoms with Gasteiger partial charge in [0.2, 0.25) is 11.8 Å². The maximum atomic E-state index is 12.4. The summed E-state index contributed by atoms with van der Waals surface area (Å²) in [6, 6.07) is -0.656. The van der Waals surface area contributed by atoms with Gasteiger partial charge in [-0.25, -0.2) is 0 Å². The molecule has 3 fully saturated rings. The summed E-state index contributed by atoms with van der Waals surface area (Å²) in [4.78, 5) is 26.4. The summed E-state index contributed by atoms with van der Waals surface area (Å²) in [7, 11) is 0. The zero-order chi connectivity index (χ0) is 13.3. The highest BCUT2D eigenvalue weighted by atomic mass is 16.2. The predicted molar refractivity (Wildman–Crippen MR) is 71.3 cm³/mol. The first kappa shape index (κ1) is 12.9. The van der Waals surface area contributed by atoms with Gasteiger partial charge in [0.1, 0.15) is 0 Å². The molecule has 3 rings (SSSR count). The molecule has 0 aromatic rings. The molecule has 1 atom stereocenters. The second-order valence-electron chi connectivity index (χ2n) is 6.10. The normalized spacial score (nSPS) is 30.4. The Morgan fingerprint density at radius 1 is 1.05 bits per heavy atom. The zero-order valence-electron chi connectivity index (χ0n) is 11.4.